The number of amides is 2. The van der Waals surface area contributed by atoms with Crippen LogP contribution in [-0.4, -0.2) is 74.2 Å². The van der Waals surface area contributed by atoms with Crippen molar-refractivity contribution in [3.05, 3.63) is 41.1 Å². The van der Waals surface area contributed by atoms with Gasteiger partial charge in [-0.15, -0.1) is 0 Å². The van der Waals surface area contributed by atoms with E-state index in [2.05, 4.69) is 5.32 Å². The van der Waals surface area contributed by atoms with Crippen LogP contribution < -0.4 is 5.32 Å². The van der Waals surface area contributed by atoms with E-state index in [0.717, 1.165) is 5.69 Å². The highest BCUT2D eigenvalue weighted by atomic mass is 35.5. The molecule has 2 aliphatic heterocycles. The minimum absolute atomic E-state index is 0.115. The molecule has 0 bridgehead atoms. The number of rotatable bonds is 4. The smallest absolute Gasteiger partial charge is 0.261 e. The van der Waals surface area contributed by atoms with Crippen LogP contribution in [0.15, 0.2) is 36.0 Å². The predicted molar refractivity (Wildman–Crippen MR) is 98.0 cm³/mol. The topological polar surface area (TPSA) is 71.1 Å². The number of carbonyl (C=O) groups is 2. The molecule has 3 rings (SSSR count). The zero-order valence-corrected chi connectivity index (χ0v) is 15.2. The van der Waals surface area contributed by atoms with Crippen molar-refractivity contribution in [3.63, 3.8) is 0 Å². The van der Waals surface area contributed by atoms with Gasteiger partial charge in [-0.3, -0.25) is 9.59 Å². The van der Waals surface area contributed by atoms with Crippen molar-refractivity contribution in [2.45, 2.75) is 0 Å². The minimum Gasteiger partial charge on any atom is -0.378 e. The van der Waals surface area contributed by atoms with Crippen LogP contribution in [-0.2, 0) is 19.1 Å². The lowest BCUT2D eigenvalue weighted by molar-refractivity contribution is -0.138. The highest BCUT2D eigenvalue weighted by molar-refractivity contribution is 6.30. The van der Waals surface area contributed by atoms with Crippen molar-refractivity contribution in [3.8, 4) is 0 Å². The Bertz CT molecular complexity index is 634. The van der Waals surface area contributed by atoms with Crippen LogP contribution in [0.3, 0.4) is 0 Å². The number of benzene rings is 1. The van der Waals surface area contributed by atoms with Crippen LogP contribution in [0.4, 0.5) is 5.69 Å². The van der Waals surface area contributed by atoms with E-state index in [0.29, 0.717) is 57.6 Å². The molecule has 2 aliphatic rings. The molecule has 0 spiro atoms. The largest absolute Gasteiger partial charge is 0.378 e. The molecule has 1 aromatic rings. The summed E-state index contributed by atoms with van der Waals surface area (Å²) in [6, 6.07) is 7.06. The zero-order valence-electron chi connectivity index (χ0n) is 14.4. The first-order valence-corrected chi connectivity index (χ1v) is 8.99. The van der Waals surface area contributed by atoms with Crippen LogP contribution in [0.1, 0.15) is 0 Å². The van der Waals surface area contributed by atoms with Crippen molar-refractivity contribution in [1.29, 1.82) is 0 Å². The van der Waals surface area contributed by atoms with Gasteiger partial charge < -0.3 is 24.6 Å². The number of halogens is 1. The van der Waals surface area contributed by atoms with E-state index >= 15 is 0 Å². The Morgan fingerprint density at radius 2 is 1.35 bits per heavy atom. The van der Waals surface area contributed by atoms with Crippen LogP contribution in [0.5, 0.6) is 0 Å². The Kier molecular flexibility index (Phi) is 6.49. The van der Waals surface area contributed by atoms with Gasteiger partial charge in [0.05, 0.1) is 26.4 Å². The van der Waals surface area contributed by atoms with Gasteiger partial charge in [-0.2, -0.15) is 0 Å². The number of nitrogens with zero attached hydrogens (tertiary/aromatic N) is 2. The maximum Gasteiger partial charge on any atom is 0.261 e. The van der Waals surface area contributed by atoms with Crippen LogP contribution in [0.2, 0.25) is 5.02 Å². The molecule has 26 heavy (non-hydrogen) atoms. The number of hydrogen-bond acceptors (Lipinski definition) is 5. The van der Waals surface area contributed by atoms with Gasteiger partial charge in [-0.1, -0.05) is 11.6 Å². The lowest BCUT2D eigenvalue weighted by Crippen LogP contribution is -2.47. The van der Waals surface area contributed by atoms with E-state index in [1.807, 2.05) is 0 Å². The van der Waals surface area contributed by atoms with Gasteiger partial charge in [0.15, 0.2) is 0 Å². The summed E-state index contributed by atoms with van der Waals surface area (Å²) >= 11 is 5.89. The first kappa shape index (κ1) is 18.7. The maximum atomic E-state index is 12.9. The summed E-state index contributed by atoms with van der Waals surface area (Å²) in [7, 11) is 0. The summed E-state index contributed by atoms with van der Waals surface area (Å²) in [6.45, 7) is 3.84. The second kappa shape index (κ2) is 9.02. The number of morpholine rings is 2. The van der Waals surface area contributed by atoms with E-state index in [-0.39, 0.29) is 17.4 Å². The molecular formula is C18H22ClN3O4. The lowest BCUT2D eigenvalue weighted by atomic mass is 10.2. The van der Waals surface area contributed by atoms with Crippen molar-refractivity contribution in [2.24, 2.45) is 0 Å². The summed E-state index contributed by atoms with van der Waals surface area (Å²) in [6.07, 6.45) is 1.48. The first-order valence-electron chi connectivity index (χ1n) is 8.61. The fourth-order valence-electron chi connectivity index (χ4n) is 2.79. The molecule has 8 heteroatoms. The Labute approximate surface area is 157 Å². The normalized spacial score (nSPS) is 17.6. The number of anilines is 1. The Morgan fingerprint density at radius 1 is 0.885 bits per heavy atom. The summed E-state index contributed by atoms with van der Waals surface area (Å²) in [5, 5.41) is 3.65. The molecule has 2 heterocycles. The Morgan fingerprint density at radius 3 is 1.81 bits per heavy atom. The van der Waals surface area contributed by atoms with Gasteiger partial charge >= 0.3 is 0 Å². The molecule has 0 saturated carbocycles. The molecule has 140 valence electrons. The minimum atomic E-state index is -0.286. The van der Waals surface area contributed by atoms with Gasteiger partial charge in [0, 0.05) is 43.1 Å². The number of nitrogens with one attached hydrogen (secondary N) is 1. The van der Waals surface area contributed by atoms with Gasteiger partial charge in [0.1, 0.15) is 5.57 Å². The standard InChI is InChI=1S/C18H22ClN3O4/c19-14-1-3-15(4-2-14)20-13-16(17(23)21-5-9-25-10-6-21)18(24)22-7-11-26-12-8-22/h1-4,13,20H,5-12H2. The van der Waals surface area contributed by atoms with E-state index < -0.39 is 0 Å². The maximum absolute atomic E-state index is 12.9. The van der Waals surface area contributed by atoms with Crippen molar-refractivity contribution >= 4 is 29.1 Å². The summed E-state index contributed by atoms with van der Waals surface area (Å²) in [5.74, 6) is -0.572. The molecule has 0 radical (unpaired) electrons. The molecule has 0 aliphatic carbocycles. The highest BCUT2D eigenvalue weighted by Crippen LogP contribution is 2.16. The van der Waals surface area contributed by atoms with Gasteiger partial charge in [0.25, 0.3) is 11.8 Å². The average molecular weight is 380 g/mol. The molecule has 0 aromatic heterocycles. The lowest BCUT2D eigenvalue weighted by Gasteiger charge is -2.31. The molecule has 1 N–H and O–H groups in total. The van der Waals surface area contributed by atoms with E-state index in [1.165, 1.54) is 6.20 Å². The second-order valence-corrected chi connectivity index (χ2v) is 6.45. The third-order valence-corrected chi connectivity index (χ3v) is 4.54. The fraction of sp³-hybridized carbons (Fsp3) is 0.444. The zero-order chi connectivity index (χ0) is 18.4. The number of ether oxygens (including phenoxy) is 2. The molecule has 7 nitrogen and oxygen atoms in total. The average Bonchev–Trinajstić information content (AvgIpc) is 2.70. The quantitative estimate of drug-likeness (QED) is 0.486. The third kappa shape index (κ3) is 4.75. The molecule has 1 aromatic carbocycles. The third-order valence-electron chi connectivity index (χ3n) is 4.28. The van der Waals surface area contributed by atoms with E-state index in [9.17, 15) is 9.59 Å². The van der Waals surface area contributed by atoms with Gasteiger partial charge in [-0.05, 0) is 24.3 Å². The van der Waals surface area contributed by atoms with Crippen LogP contribution >= 0.6 is 11.6 Å². The van der Waals surface area contributed by atoms with Crippen LogP contribution in [0, 0.1) is 0 Å². The first-order chi connectivity index (χ1) is 12.6. The molecule has 0 atom stereocenters. The summed E-state index contributed by atoms with van der Waals surface area (Å²) in [5.41, 5.74) is 0.861. The molecule has 2 fully saturated rings. The van der Waals surface area contributed by atoms with Gasteiger partial charge in [-0.25, -0.2) is 0 Å². The van der Waals surface area contributed by atoms with Crippen molar-refractivity contribution in [2.75, 3.05) is 57.9 Å². The number of hydrogen-bond donors (Lipinski definition) is 1. The summed E-state index contributed by atoms with van der Waals surface area (Å²) in [4.78, 5) is 29.1. The SMILES string of the molecule is O=C(C(=CNc1ccc(Cl)cc1)C(=O)N1CCOCC1)N1CCOCC1. The molecule has 2 amide bonds. The fourth-order valence-corrected chi connectivity index (χ4v) is 2.92. The monoisotopic (exact) mass is 379 g/mol. The Balaban J connectivity index is 1.79. The molecule has 2 saturated heterocycles. The molecule has 0 unspecified atom stereocenters. The second-order valence-electron chi connectivity index (χ2n) is 6.02. The van der Waals surface area contributed by atoms with Crippen LogP contribution in [0.25, 0.3) is 0 Å². The highest BCUT2D eigenvalue weighted by Gasteiger charge is 2.29. The molecular weight excluding hydrogens is 358 g/mol. The van der Waals surface area contributed by atoms with Gasteiger partial charge in [0.2, 0.25) is 0 Å². The number of carbonyl (C=O) groups excluding carboxylic acids is 2. The summed E-state index contributed by atoms with van der Waals surface area (Å²) < 4.78 is 10.6. The van der Waals surface area contributed by atoms with Crippen molar-refractivity contribution < 1.29 is 19.1 Å². The Hall–Kier alpha value is -2.09. The van der Waals surface area contributed by atoms with Crippen molar-refractivity contribution in [1.82, 2.24) is 9.80 Å². The van der Waals surface area contributed by atoms with E-state index in [1.54, 1.807) is 34.1 Å². The van der Waals surface area contributed by atoms with E-state index in [4.69, 9.17) is 21.1 Å². The predicted octanol–water partition coefficient (Wildman–Crippen LogP) is 1.35.